The lowest BCUT2D eigenvalue weighted by Gasteiger charge is -2.49. The van der Waals surface area contributed by atoms with Crippen LogP contribution in [0.2, 0.25) is 0 Å². The summed E-state index contributed by atoms with van der Waals surface area (Å²) < 4.78 is 2.62. The molecule has 37 heavy (non-hydrogen) atoms. The highest BCUT2D eigenvalue weighted by molar-refractivity contribution is 8.01. The van der Waals surface area contributed by atoms with Crippen molar-refractivity contribution in [3.05, 3.63) is 39.8 Å². The van der Waals surface area contributed by atoms with Gasteiger partial charge < -0.3 is 20.1 Å². The molecule has 0 saturated carbocycles. The number of hydrogen-bond acceptors (Lipinski definition) is 13. The molecule has 2 aromatic heterocycles. The molecule has 3 N–H and O–H groups in total. The lowest BCUT2D eigenvalue weighted by Crippen LogP contribution is -2.71. The number of carboxylic acids is 1. The summed E-state index contributed by atoms with van der Waals surface area (Å²) in [6.45, 7) is 4.05. The second-order valence-electron chi connectivity index (χ2n) is 7.36. The minimum atomic E-state index is -1.24. The molecule has 1 saturated heterocycles. The molecule has 15 nitrogen and oxygen atoms in total. The Morgan fingerprint density at radius 2 is 2.24 bits per heavy atom. The largest absolute Gasteiger partial charge is 0.477 e. The number of oxime groups is 1. The van der Waals surface area contributed by atoms with Crippen LogP contribution >= 0.6 is 34.9 Å². The van der Waals surface area contributed by atoms with Gasteiger partial charge >= 0.3 is 5.97 Å². The van der Waals surface area contributed by atoms with E-state index in [9.17, 15) is 19.5 Å². The van der Waals surface area contributed by atoms with Crippen LogP contribution in [-0.2, 0) is 25.8 Å². The van der Waals surface area contributed by atoms with E-state index in [0.717, 1.165) is 16.1 Å². The average Bonchev–Trinajstić information content (AvgIpc) is 3.49. The van der Waals surface area contributed by atoms with Crippen molar-refractivity contribution < 1.29 is 29.2 Å². The van der Waals surface area contributed by atoms with Crippen LogP contribution in [0.1, 0.15) is 5.69 Å². The molecule has 2 aromatic rings. The van der Waals surface area contributed by atoms with Gasteiger partial charge in [-0.2, -0.15) is 4.73 Å². The van der Waals surface area contributed by atoms with Crippen molar-refractivity contribution in [3.63, 3.8) is 0 Å². The highest BCUT2D eigenvalue weighted by atomic mass is 32.2. The number of thiazole rings is 1. The van der Waals surface area contributed by atoms with Gasteiger partial charge in [-0.05, 0) is 16.0 Å². The fraction of sp³-hybridized carbons (Fsp3) is 0.368. The van der Waals surface area contributed by atoms with E-state index in [1.165, 1.54) is 52.7 Å². The molecule has 0 aliphatic carbocycles. The zero-order chi connectivity index (χ0) is 26.7. The first-order chi connectivity index (χ1) is 17.8. The van der Waals surface area contributed by atoms with E-state index in [0.29, 0.717) is 23.0 Å². The molecule has 0 bridgehead atoms. The van der Waals surface area contributed by atoms with Gasteiger partial charge in [0.05, 0.1) is 6.54 Å². The Bertz CT molecular complexity index is 1360. The van der Waals surface area contributed by atoms with Crippen molar-refractivity contribution in [1.29, 1.82) is 5.41 Å². The van der Waals surface area contributed by atoms with E-state index in [1.807, 2.05) is 0 Å². The maximum absolute atomic E-state index is 13.0. The van der Waals surface area contributed by atoms with Gasteiger partial charge in [0, 0.05) is 16.9 Å². The van der Waals surface area contributed by atoms with Crippen molar-refractivity contribution in [2.75, 3.05) is 25.7 Å². The summed E-state index contributed by atoms with van der Waals surface area (Å²) in [7, 11) is 2.59. The molecule has 2 aliphatic heterocycles. The number of thioether (sulfide) groups is 2. The number of tetrazole rings is 1. The quantitative estimate of drug-likeness (QED) is 0.101. The number of fused-ring (bicyclic) bond motifs is 1. The van der Waals surface area contributed by atoms with Crippen molar-refractivity contribution in [2.24, 2.45) is 5.16 Å². The number of aromatic nitrogens is 5. The summed E-state index contributed by atoms with van der Waals surface area (Å²) >= 11 is 3.60. The third-order valence-corrected chi connectivity index (χ3v) is 8.33. The predicted octanol–water partition coefficient (Wildman–Crippen LogP) is -0.859. The van der Waals surface area contributed by atoms with Crippen molar-refractivity contribution >= 4 is 58.4 Å². The zero-order valence-corrected chi connectivity index (χ0v) is 21.9. The van der Waals surface area contributed by atoms with Crippen LogP contribution < -0.4 is 15.0 Å². The van der Waals surface area contributed by atoms with Crippen LogP contribution in [-0.4, -0.2) is 95.6 Å². The third kappa shape index (κ3) is 4.98. The third-order valence-electron chi connectivity index (χ3n) is 5.22. The maximum atomic E-state index is 13.0. The second-order valence-corrected chi connectivity index (χ2v) is 10.3. The Morgan fingerprint density at radius 3 is 2.92 bits per heavy atom. The van der Waals surface area contributed by atoms with Gasteiger partial charge in [0.15, 0.2) is 5.71 Å². The molecule has 0 spiro atoms. The Balaban J connectivity index is 1.51. The number of carboxylic acid groups (broad SMARTS) is 1. The molecule has 2 amide bonds. The molecule has 0 aromatic carbocycles. The first kappa shape index (κ1) is 26.4. The Morgan fingerprint density at radius 1 is 1.46 bits per heavy atom. The van der Waals surface area contributed by atoms with Gasteiger partial charge in [-0.1, -0.05) is 23.0 Å². The minimum Gasteiger partial charge on any atom is -0.477 e. The molecule has 2 aliphatic rings. The van der Waals surface area contributed by atoms with E-state index in [-0.39, 0.29) is 27.7 Å². The molecule has 18 heteroatoms. The standard InChI is InChI=1S/C19H21N9O6S3/c1-4-5-26-19(22-24-25-26)37-7-9-6-35-16-12(15(30)27(16)13(9)17(31)32)21-14(29)11(23-33-2)10-8-36-18(20)28(10)34-3/h4,8,12,16,20H,1,5-7H2,2-3H3,(H,21,29)(H,31,32)/t12-,16+/m1/s1. The van der Waals surface area contributed by atoms with Crippen molar-refractivity contribution in [3.8, 4) is 0 Å². The van der Waals surface area contributed by atoms with E-state index < -0.39 is 29.2 Å². The molecule has 4 rings (SSSR count). The lowest BCUT2D eigenvalue weighted by molar-refractivity contribution is -0.150. The highest BCUT2D eigenvalue weighted by Crippen LogP contribution is 2.41. The van der Waals surface area contributed by atoms with Crippen molar-refractivity contribution in [2.45, 2.75) is 23.1 Å². The Labute approximate surface area is 221 Å². The summed E-state index contributed by atoms with van der Waals surface area (Å²) in [5.41, 5.74) is 0.388. The van der Waals surface area contributed by atoms with Gasteiger partial charge in [0.1, 0.15) is 37.0 Å². The number of nitrogens with zero attached hydrogens (tertiary/aromatic N) is 7. The van der Waals surface area contributed by atoms with Gasteiger partial charge in [-0.15, -0.1) is 34.8 Å². The second kappa shape index (κ2) is 11.2. The number of hydrogen-bond donors (Lipinski definition) is 3. The number of amides is 2. The first-order valence-electron chi connectivity index (χ1n) is 10.4. The molecular weight excluding hydrogens is 546 g/mol. The van der Waals surface area contributed by atoms with Gasteiger partial charge in [-0.3, -0.25) is 19.9 Å². The van der Waals surface area contributed by atoms with Crippen LogP contribution in [0, 0.1) is 5.41 Å². The Hall–Kier alpha value is -3.64. The minimum absolute atomic E-state index is 0.0167. The SMILES string of the molecule is C=CCn1nnnc1SCC1=C(C(=O)O)N2C(=O)[C@@H](NC(=O)C(=NOC)c3csc(=N)n3OC)[C@@H]2SC1. The maximum Gasteiger partial charge on any atom is 0.352 e. The lowest BCUT2D eigenvalue weighted by atomic mass is 10.0. The van der Waals surface area contributed by atoms with Gasteiger partial charge in [-0.25, -0.2) is 9.48 Å². The van der Waals surface area contributed by atoms with E-state index >= 15 is 0 Å². The number of nitrogens with one attached hydrogen (secondary N) is 2. The van der Waals surface area contributed by atoms with Crippen molar-refractivity contribution in [1.82, 2.24) is 35.2 Å². The summed E-state index contributed by atoms with van der Waals surface area (Å²) in [4.78, 5) is 49.3. The normalized spacial score (nSPS) is 19.2. The van der Waals surface area contributed by atoms with Crippen LogP contribution in [0.5, 0.6) is 0 Å². The number of aliphatic carboxylic acids is 1. The smallest absolute Gasteiger partial charge is 0.352 e. The molecular formula is C19H21N9O6S3. The fourth-order valence-corrected chi connectivity index (χ4v) is 6.71. The van der Waals surface area contributed by atoms with E-state index in [2.05, 4.69) is 32.6 Å². The summed E-state index contributed by atoms with van der Waals surface area (Å²) in [5.74, 6) is -1.96. The van der Waals surface area contributed by atoms with E-state index in [1.54, 1.807) is 6.08 Å². The Kier molecular flexibility index (Phi) is 7.98. The monoisotopic (exact) mass is 567 g/mol. The van der Waals surface area contributed by atoms with E-state index in [4.69, 9.17) is 15.1 Å². The predicted molar refractivity (Wildman–Crippen MR) is 133 cm³/mol. The molecule has 0 radical (unpaired) electrons. The molecule has 196 valence electrons. The van der Waals surface area contributed by atoms with Gasteiger partial charge in [0.2, 0.25) is 9.96 Å². The summed E-state index contributed by atoms with van der Waals surface area (Å²) in [6, 6.07) is -0.979. The highest BCUT2D eigenvalue weighted by Gasteiger charge is 2.54. The number of carbonyl (C=O) groups excluding carboxylic acids is 2. The number of β-lactam (4-membered cyclic amide) rings is 1. The fourth-order valence-electron chi connectivity index (χ4n) is 3.64. The average molecular weight is 568 g/mol. The number of rotatable bonds is 11. The number of allylic oxidation sites excluding steroid dienone is 1. The van der Waals surface area contributed by atoms with Gasteiger partial charge in [0.25, 0.3) is 11.8 Å². The zero-order valence-electron chi connectivity index (χ0n) is 19.5. The van der Waals surface area contributed by atoms with Crippen LogP contribution in [0.4, 0.5) is 0 Å². The molecule has 2 atom stereocenters. The van der Waals surface area contributed by atoms with Crippen LogP contribution in [0.3, 0.4) is 0 Å². The summed E-state index contributed by atoms with van der Waals surface area (Å²) in [6.07, 6.45) is 1.64. The molecule has 1 fully saturated rings. The van der Waals surface area contributed by atoms with Crippen LogP contribution in [0.15, 0.2) is 39.6 Å². The topological polar surface area (TPSA) is 190 Å². The van der Waals surface area contributed by atoms with Crippen LogP contribution in [0.25, 0.3) is 0 Å². The number of carbonyl (C=O) groups is 3. The first-order valence-corrected chi connectivity index (χ1v) is 13.4. The molecule has 4 heterocycles. The summed E-state index contributed by atoms with van der Waals surface area (Å²) in [5, 5.41) is 36.9. The molecule has 0 unspecified atom stereocenters.